The van der Waals surface area contributed by atoms with Crippen molar-refractivity contribution < 1.29 is 0 Å². The zero-order valence-electron chi connectivity index (χ0n) is 8.67. The van der Waals surface area contributed by atoms with Crippen LogP contribution in [0.5, 0.6) is 0 Å². The Labute approximate surface area is 81.5 Å². The van der Waals surface area contributed by atoms with Gasteiger partial charge >= 0.3 is 0 Å². The molecule has 0 saturated carbocycles. The molecule has 1 rings (SSSR count). The van der Waals surface area contributed by atoms with Crippen LogP contribution < -0.4 is 4.98 Å². The maximum absolute atomic E-state index is 4.27. The van der Waals surface area contributed by atoms with Crippen molar-refractivity contribution in [3.05, 3.63) is 30.1 Å². The van der Waals surface area contributed by atoms with Gasteiger partial charge in [0.2, 0.25) is 0 Å². The lowest BCUT2D eigenvalue weighted by atomic mass is 10.3. The van der Waals surface area contributed by atoms with E-state index in [-0.39, 0.29) is 0 Å². The molecule has 0 saturated heterocycles. The summed E-state index contributed by atoms with van der Waals surface area (Å²) in [5.41, 5.74) is 1.17. The third-order valence-corrected chi connectivity index (χ3v) is 3.07. The van der Waals surface area contributed by atoms with E-state index in [1.54, 1.807) is 0 Å². The second-order valence-corrected chi connectivity index (χ2v) is 9.10. The Bertz CT molecular complexity index is 241. The van der Waals surface area contributed by atoms with Gasteiger partial charge in [0.15, 0.2) is 0 Å². The fraction of sp³-hybridized carbons (Fsp3) is 0.500. The summed E-state index contributed by atoms with van der Waals surface area (Å²) in [6, 6.07) is 6.07. The summed E-state index contributed by atoms with van der Waals surface area (Å²) in [6.07, 6.45) is 2.88. The molecule has 0 spiro atoms. The Hall–Kier alpha value is -0.673. The third kappa shape index (κ3) is 4.80. The van der Waals surface area contributed by atoms with Crippen molar-refractivity contribution in [2.75, 3.05) is 6.54 Å². The fourth-order valence-electron chi connectivity index (χ4n) is 1.11. The zero-order valence-corrected chi connectivity index (χ0v) is 9.67. The molecule has 0 aliphatic rings. The summed E-state index contributed by atoms with van der Waals surface area (Å²) in [7, 11) is -1.09. The van der Waals surface area contributed by atoms with E-state index in [0.29, 0.717) is 0 Å². The van der Waals surface area contributed by atoms with Crippen LogP contribution in [0.15, 0.2) is 24.4 Å². The van der Waals surface area contributed by atoms with Crippen molar-refractivity contribution in [2.45, 2.75) is 26.1 Å². The van der Waals surface area contributed by atoms with Gasteiger partial charge < -0.3 is 4.98 Å². The van der Waals surface area contributed by atoms with Crippen LogP contribution >= 0.6 is 0 Å². The summed E-state index contributed by atoms with van der Waals surface area (Å²) >= 11 is 0. The summed E-state index contributed by atoms with van der Waals surface area (Å²) in [4.78, 5) is 7.84. The second-order valence-electron chi connectivity index (χ2n) is 4.25. The number of rotatable bonds is 4. The molecule has 0 fully saturated rings. The van der Waals surface area contributed by atoms with Crippen molar-refractivity contribution in [3.8, 4) is 0 Å². The summed E-state index contributed by atoms with van der Waals surface area (Å²) in [5.74, 6) is 0. The van der Waals surface area contributed by atoms with Crippen molar-refractivity contribution >= 4 is 8.24 Å². The Balaban J connectivity index is 2.29. The van der Waals surface area contributed by atoms with E-state index in [4.69, 9.17) is 0 Å². The average molecular weight is 194 g/mol. The molecule has 0 aliphatic carbocycles. The van der Waals surface area contributed by atoms with Gasteiger partial charge in [-0.05, 0) is 18.7 Å². The quantitative estimate of drug-likeness (QED) is 0.742. The predicted octanol–water partition coefficient (Wildman–Crippen LogP) is 2.05. The summed E-state index contributed by atoms with van der Waals surface area (Å²) < 4.78 is 0. The Morgan fingerprint density at radius 1 is 1.31 bits per heavy atom. The summed E-state index contributed by atoms with van der Waals surface area (Å²) in [6.45, 7) is 7.98. The van der Waals surface area contributed by atoms with Crippen LogP contribution in [-0.4, -0.2) is 19.8 Å². The highest BCUT2D eigenvalue weighted by Crippen LogP contribution is 1.97. The van der Waals surface area contributed by atoms with Gasteiger partial charge in [-0.15, -0.1) is 0 Å². The molecule has 13 heavy (non-hydrogen) atoms. The lowest BCUT2D eigenvalue weighted by molar-refractivity contribution is 0.842. The third-order valence-electron chi connectivity index (χ3n) is 1.76. The van der Waals surface area contributed by atoms with Gasteiger partial charge in [-0.25, -0.2) is 0 Å². The number of nitrogens with one attached hydrogen (secondary N) is 1. The van der Waals surface area contributed by atoms with Gasteiger partial charge in [0.1, 0.15) is 8.24 Å². The van der Waals surface area contributed by atoms with Crippen LogP contribution in [0.25, 0.3) is 0 Å². The van der Waals surface area contributed by atoms with E-state index in [1.807, 2.05) is 18.3 Å². The van der Waals surface area contributed by atoms with Gasteiger partial charge in [0, 0.05) is 18.3 Å². The topological polar surface area (TPSA) is 24.9 Å². The molecular formula is C10H18N2Si. The molecule has 0 aliphatic heterocycles. The Kier molecular flexibility index (Phi) is 3.63. The van der Waals surface area contributed by atoms with Crippen LogP contribution in [0.4, 0.5) is 0 Å². The maximum Gasteiger partial charge on any atom is 0.116 e. The lowest BCUT2D eigenvalue weighted by Gasteiger charge is -2.17. The van der Waals surface area contributed by atoms with Crippen LogP contribution in [0, 0.1) is 0 Å². The number of hydrogen-bond acceptors (Lipinski definition) is 2. The zero-order chi connectivity index (χ0) is 9.73. The minimum absolute atomic E-state index is 1.03. The Morgan fingerprint density at radius 2 is 2.08 bits per heavy atom. The molecule has 0 atom stereocenters. The smallest absolute Gasteiger partial charge is 0.116 e. The first kappa shape index (κ1) is 10.4. The fourth-order valence-corrected chi connectivity index (χ4v) is 1.99. The van der Waals surface area contributed by atoms with Crippen LogP contribution in [0.2, 0.25) is 19.6 Å². The van der Waals surface area contributed by atoms with Crippen molar-refractivity contribution in [2.24, 2.45) is 0 Å². The van der Waals surface area contributed by atoms with Crippen LogP contribution in [0.1, 0.15) is 5.69 Å². The van der Waals surface area contributed by atoms with Gasteiger partial charge in [-0.2, -0.15) is 0 Å². The highest BCUT2D eigenvalue weighted by Gasteiger charge is 2.10. The molecule has 2 nitrogen and oxygen atoms in total. The van der Waals surface area contributed by atoms with Crippen LogP contribution in [0.3, 0.4) is 0 Å². The molecule has 72 valence electrons. The molecule has 0 amide bonds. The predicted molar refractivity (Wildman–Crippen MR) is 59.3 cm³/mol. The van der Waals surface area contributed by atoms with E-state index in [9.17, 15) is 0 Å². The van der Waals surface area contributed by atoms with Crippen molar-refractivity contribution in [3.63, 3.8) is 0 Å². The SMILES string of the molecule is C[Si](C)(C)NCCc1ccccn1. The maximum atomic E-state index is 4.27. The monoisotopic (exact) mass is 194 g/mol. The highest BCUT2D eigenvalue weighted by molar-refractivity contribution is 6.73. The molecule has 1 aromatic rings. The molecule has 0 bridgehead atoms. The molecule has 1 heterocycles. The van der Waals surface area contributed by atoms with Crippen molar-refractivity contribution in [1.29, 1.82) is 0 Å². The summed E-state index contributed by atoms with van der Waals surface area (Å²) in [5, 5.41) is 0. The van der Waals surface area contributed by atoms with E-state index in [2.05, 4.69) is 35.7 Å². The highest BCUT2D eigenvalue weighted by atomic mass is 28.3. The normalized spacial score (nSPS) is 11.6. The Morgan fingerprint density at radius 3 is 2.62 bits per heavy atom. The number of pyridine rings is 1. The van der Waals surface area contributed by atoms with E-state index < -0.39 is 8.24 Å². The van der Waals surface area contributed by atoms with Gasteiger partial charge in [0.05, 0.1) is 0 Å². The van der Waals surface area contributed by atoms with Crippen molar-refractivity contribution in [1.82, 2.24) is 9.97 Å². The number of aromatic nitrogens is 1. The van der Waals surface area contributed by atoms with Crippen LogP contribution in [-0.2, 0) is 6.42 Å². The number of hydrogen-bond donors (Lipinski definition) is 1. The first-order valence-corrected chi connectivity index (χ1v) is 8.23. The standard InChI is InChI=1S/C10H18N2Si/c1-13(2,3)12-9-7-10-6-4-5-8-11-10/h4-6,8,12H,7,9H2,1-3H3. The first-order valence-electron chi connectivity index (χ1n) is 4.73. The molecular weight excluding hydrogens is 176 g/mol. The molecule has 0 radical (unpaired) electrons. The molecule has 1 aromatic heterocycles. The first-order chi connectivity index (χ1) is 6.08. The van der Waals surface area contributed by atoms with Gasteiger partial charge in [-0.3, -0.25) is 4.98 Å². The van der Waals surface area contributed by atoms with E-state index >= 15 is 0 Å². The largest absolute Gasteiger partial charge is 0.337 e. The minimum atomic E-state index is -1.09. The average Bonchev–Trinajstić information content (AvgIpc) is 2.04. The second kappa shape index (κ2) is 4.53. The lowest BCUT2D eigenvalue weighted by Crippen LogP contribution is -2.42. The van der Waals surface area contributed by atoms with E-state index in [1.165, 1.54) is 5.69 Å². The molecule has 0 aromatic carbocycles. The molecule has 1 N–H and O–H groups in total. The van der Waals surface area contributed by atoms with E-state index in [0.717, 1.165) is 13.0 Å². The number of nitrogens with zero attached hydrogens (tertiary/aromatic N) is 1. The van der Waals surface area contributed by atoms with Gasteiger partial charge in [0.25, 0.3) is 0 Å². The van der Waals surface area contributed by atoms with Gasteiger partial charge in [-0.1, -0.05) is 25.7 Å². The molecule has 0 unspecified atom stereocenters. The molecule has 3 heteroatoms. The minimum Gasteiger partial charge on any atom is -0.337 e.